The van der Waals surface area contributed by atoms with Crippen LogP contribution in [0.25, 0.3) is 0 Å². The molecule has 3 N–H and O–H groups in total. The summed E-state index contributed by atoms with van der Waals surface area (Å²) in [5.74, 6) is -4.57. The maximum atomic E-state index is 13.0. The van der Waals surface area contributed by atoms with Gasteiger partial charge in [-0.15, -0.1) is 16.9 Å². The summed E-state index contributed by atoms with van der Waals surface area (Å²) in [5.41, 5.74) is 0.656. The van der Waals surface area contributed by atoms with Gasteiger partial charge in [0.1, 0.15) is 23.2 Å². The number of carboxylic acids is 2. The minimum absolute atomic E-state index is 0.0221. The molecule has 3 aliphatic heterocycles. The van der Waals surface area contributed by atoms with Crippen molar-refractivity contribution in [2.24, 2.45) is 0 Å². The van der Waals surface area contributed by atoms with Gasteiger partial charge in [0.25, 0.3) is 17.7 Å². The predicted octanol–water partition coefficient (Wildman–Crippen LogP) is -0.0149. The van der Waals surface area contributed by atoms with Crippen molar-refractivity contribution < 1.29 is 39.0 Å². The normalized spacial score (nSPS) is 19.8. The van der Waals surface area contributed by atoms with E-state index in [1.165, 1.54) is 40.6 Å². The molecule has 16 nitrogen and oxygen atoms in total. The van der Waals surface area contributed by atoms with Crippen molar-refractivity contribution in [1.82, 2.24) is 40.2 Å². The Morgan fingerprint density at radius 2 is 1.82 bits per heavy atom. The summed E-state index contributed by atoms with van der Waals surface area (Å²) >= 11 is 2.60. The van der Waals surface area contributed by atoms with E-state index in [1.807, 2.05) is 19.0 Å². The van der Waals surface area contributed by atoms with Crippen molar-refractivity contribution in [3.63, 3.8) is 0 Å². The van der Waals surface area contributed by atoms with Gasteiger partial charge in [0.05, 0.1) is 17.7 Å². The molecule has 0 saturated carbocycles. The lowest BCUT2D eigenvalue weighted by atomic mass is 10.0. The molecule has 3 atom stereocenters. The topological polar surface area (TPSA) is 208 Å². The highest BCUT2D eigenvalue weighted by molar-refractivity contribution is 8.01. The van der Waals surface area contributed by atoms with E-state index in [0.29, 0.717) is 34.5 Å². The number of hydrogen-bond acceptors (Lipinski definition) is 12. The Balaban J connectivity index is 1.16. The highest BCUT2D eigenvalue weighted by Gasteiger charge is 2.54. The van der Waals surface area contributed by atoms with E-state index >= 15 is 0 Å². The van der Waals surface area contributed by atoms with Gasteiger partial charge in [0.15, 0.2) is 0 Å². The van der Waals surface area contributed by atoms with Crippen LogP contribution in [-0.4, -0.2) is 130 Å². The van der Waals surface area contributed by atoms with E-state index in [-0.39, 0.29) is 41.8 Å². The number of thioether (sulfide) groups is 2. The van der Waals surface area contributed by atoms with Gasteiger partial charge in [0.2, 0.25) is 11.1 Å². The Kier molecular flexibility index (Phi) is 9.54. The van der Waals surface area contributed by atoms with Gasteiger partial charge in [-0.25, -0.2) is 14.3 Å². The average molecular weight is 659 g/mol. The molecule has 18 heteroatoms. The molecule has 1 fully saturated rings. The Hall–Kier alpha value is -4.29. The predicted molar refractivity (Wildman–Crippen MR) is 159 cm³/mol. The third kappa shape index (κ3) is 6.43. The van der Waals surface area contributed by atoms with Gasteiger partial charge in [-0.3, -0.25) is 29.0 Å². The number of carboxylic acid groups (broad SMARTS) is 2. The highest BCUT2D eigenvalue weighted by atomic mass is 32.2. The van der Waals surface area contributed by atoms with Crippen molar-refractivity contribution in [2.75, 3.05) is 32.1 Å². The SMILES string of the molecule is CN(C)CCn1nnnc1SCC1=C(C(=O)O)N2C(=O)C(NC(=O)CCCC(C(=O)O)N3C(=O)c4ccccc4C3=O)C2SC1. The lowest BCUT2D eigenvalue weighted by Gasteiger charge is -2.49. The van der Waals surface area contributed by atoms with Crippen molar-refractivity contribution in [1.29, 1.82) is 0 Å². The number of carbonyl (C=O) groups is 6. The van der Waals surface area contributed by atoms with Crippen LogP contribution in [-0.2, 0) is 25.7 Å². The van der Waals surface area contributed by atoms with E-state index in [2.05, 4.69) is 20.8 Å². The van der Waals surface area contributed by atoms with E-state index in [4.69, 9.17) is 0 Å². The molecule has 0 radical (unpaired) electrons. The first-order chi connectivity index (χ1) is 21.5. The van der Waals surface area contributed by atoms with Gasteiger partial charge in [0, 0.05) is 24.5 Å². The molecule has 2 aromatic rings. The number of aliphatic carboxylic acids is 2. The lowest BCUT2D eigenvalue weighted by Crippen LogP contribution is -2.70. The maximum Gasteiger partial charge on any atom is 0.352 e. The number of nitrogens with one attached hydrogen (secondary N) is 1. The molecule has 3 unspecified atom stereocenters. The third-order valence-electron chi connectivity index (χ3n) is 7.50. The Morgan fingerprint density at radius 3 is 2.44 bits per heavy atom. The van der Waals surface area contributed by atoms with Gasteiger partial charge in [-0.2, -0.15) is 0 Å². The summed E-state index contributed by atoms with van der Waals surface area (Å²) in [7, 11) is 3.85. The maximum absolute atomic E-state index is 13.0. The number of hydrogen-bond donors (Lipinski definition) is 3. The molecule has 1 aromatic heterocycles. The minimum atomic E-state index is -1.46. The summed E-state index contributed by atoms with van der Waals surface area (Å²) in [4.78, 5) is 79.3. The van der Waals surface area contributed by atoms with Crippen molar-refractivity contribution in [3.05, 3.63) is 46.7 Å². The number of imide groups is 1. The Bertz CT molecular complexity index is 1560. The fourth-order valence-corrected chi connectivity index (χ4v) is 7.62. The molecular formula is C27H30N8O8S2. The molecule has 45 heavy (non-hydrogen) atoms. The standard InChI is InChI=1S/C27H30N8O8S2/c1-32(2)10-11-33-27(29-30-31-33)45-13-14-12-44-24-19(23(39)35(24)20(14)26(42)43)28-18(36)9-5-8-17(25(40)41)34-21(37)15-6-3-4-7-16(15)22(34)38/h3-4,6-7,17,19,24H,5,8-13H2,1-2H3,(H,28,36)(H,40,41)(H,42,43). The monoisotopic (exact) mass is 658 g/mol. The van der Waals surface area contributed by atoms with Crippen LogP contribution in [0.5, 0.6) is 0 Å². The minimum Gasteiger partial charge on any atom is -0.480 e. The second-order valence-electron chi connectivity index (χ2n) is 10.8. The molecule has 238 valence electrons. The smallest absolute Gasteiger partial charge is 0.352 e. The molecule has 4 amide bonds. The van der Waals surface area contributed by atoms with Gasteiger partial charge >= 0.3 is 11.9 Å². The number of likely N-dealkylation sites (N-methyl/N-ethyl adjacent to an activating group) is 1. The van der Waals surface area contributed by atoms with Gasteiger partial charge in [-0.1, -0.05) is 23.9 Å². The van der Waals surface area contributed by atoms with Crippen LogP contribution in [0.15, 0.2) is 40.7 Å². The summed E-state index contributed by atoms with van der Waals surface area (Å²) < 4.78 is 1.63. The number of fused-ring (bicyclic) bond motifs is 2. The van der Waals surface area contributed by atoms with Crippen LogP contribution in [0.3, 0.4) is 0 Å². The first-order valence-electron chi connectivity index (χ1n) is 13.9. The average Bonchev–Trinajstić information content (AvgIpc) is 3.56. The number of nitrogens with zero attached hydrogens (tertiary/aromatic N) is 7. The zero-order chi connectivity index (χ0) is 32.4. The zero-order valence-corrected chi connectivity index (χ0v) is 25.9. The zero-order valence-electron chi connectivity index (χ0n) is 24.3. The molecular weight excluding hydrogens is 628 g/mol. The molecule has 4 heterocycles. The quantitative estimate of drug-likeness (QED) is 0.139. The van der Waals surface area contributed by atoms with Gasteiger partial charge < -0.3 is 20.4 Å². The van der Waals surface area contributed by atoms with Gasteiger partial charge in [-0.05, 0) is 55.1 Å². The summed E-state index contributed by atoms with van der Waals surface area (Å²) in [6.07, 6.45) is -0.309. The molecule has 3 aliphatic rings. The second kappa shape index (κ2) is 13.4. The Labute approximate surface area is 265 Å². The molecule has 0 bridgehead atoms. The van der Waals surface area contributed by atoms with E-state index in [9.17, 15) is 39.0 Å². The second-order valence-corrected chi connectivity index (χ2v) is 12.8. The first kappa shape index (κ1) is 32.1. The molecule has 5 rings (SSSR count). The van der Waals surface area contributed by atoms with Crippen LogP contribution >= 0.6 is 23.5 Å². The van der Waals surface area contributed by atoms with Crippen molar-refractivity contribution in [3.8, 4) is 0 Å². The van der Waals surface area contributed by atoms with Crippen molar-refractivity contribution >= 4 is 59.1 Å². The van der Waals surface area contributed by atoms with Crippen molar-refractivity contribution in [2.45, 2.75) is 48.4 Å². The summed E-state index contributed by atoms with van der Waals surface area (Å²) in [6, 6.07) is 3.66. The number of tetrazole rings is 1. The Morgan fingerprint density at radius 1 is 1.13 bits per heavy atom. The molecule has 1 saturated heterocycles. The fourth-order valence-electron chi connectivity index (χ4n) is 5.24. The number of benzene rings is 1. The lowest BCUT2D eigenvalue weighted by molar-refractivity contribution is -0.150. The van der Waals surface area contributed by atoms with Crippen LogP contribution in [0, 0.1) is 0 Å². The molecule has 0 spiro atoms. The first-order valence-corrected chi connectivity index (χ1v) is 16.0. The highest BCUT2D eigenvalue weighted by Crippen LogP contribution is 2.41. The van der Waals surface area contributed by atoms with Crippen LogP contribution < -0.4 is 5.32 Å². The number of carbonyl (C=O) groups excluding carboxylic acids is 4. The number of β-lactam (4-membered cyclic amide) rings is 1. The number of amides is 4. The largest absolute Gasteiger partial charge is 0.480 e. The van der Waals surface area contributed by atoms with E-state index in [0.717, 1.165) is 0 Å². The molecule has 1 aromatic carbocycles. The van der Waals surface area contributed by atoms with Crippen LogP contribution in [0.2, 0.25) is 0 Å². The fraction of sp³-hybridized carbons (Fsp3) is 0.444. The number of aromatic nitrogens is 4. The summed E-state index contributed by atoms with van der Waals surface area (Å²) in [5, 5.41) is 33.9. The third-order valence-corrected chi connectivity index (χ3v) is 9.89. The number of rotatable bonds is 14. The van der Waals surface area contributed by atoms with Crippen LogP contribution in [0.4, 0.5) is 0 Å². The van der Waals surface area contributed by atoms with Crippen LogP contribution in [0.1, 0.15) is 40.0 Å². The summed E-state index contributed by atoms with van der Waals surface area (Å²) in [6.45, 7) is 1.26. The van der Waals surface area contributed by atoms with E-state index < -0.39 is 53.0 Å². The van der Waals surface area contributed by atoms with E-state index in [1.54, 1.807) is 16.8 Å². The molecule has 0 aliphatic carbocycles.